The van der Waals surface area contributed by atoms with E-state index in [4.69, 9.17) is 0 Å². The summed E-state index contributed by atoms with van der Waals surface area (Å²) in [6.45, 7) is 6.74. The van der Waals surface area contributed by atoms with Crippen molar-refractivity contribution >= 4 is 29.3 Å². The van der Waals surface area contributed by atoms with Crippen LogP contribution >= 0.6 is 7.14 Å². The van der Waals surface area contributed by atoms with Gasteiger partial charge in [-0.2, -0.15) is 13.2 Å². The van der Waals surface area contributed by atoms with Crippen molar-refractivity contribution in [1.82, 2.24) is 15.0 Å². The van der Waals surface area contributed by atoms with Crippen molar-refractivity contribution in [2.45, 2.75) is 26.1 Å². The highest BCUT2D eigenvalue weighted by atomic mass is 31.2. The van der Waals surface area contributed by atoms with Gasteiger partial charge >= 0.3 is 6.18 Å². The maximum Gasteiger partial charge on any atom is 0.416 e. The van der Waals surface area contributed by atoms with Crippen LogP contribution < -0.4 is 10.6 Å². The Hall–Kier alpha value is -2.47. The van der Waals surface area contributed by atoms with Crippen molar-refractivity contribution in [2.75, 3.05) is 18.6 Å². The quantitative estimate of drug-likeness (QED) is 0.630. The molecule has 148 valence electrons. The molecule has 0 aliphatic rings. The number of alkyl halides is 3. The van der Waals surface area contributed by atoms with Crippen LogP contribution in [-0.4, -0.2) is 28.3 Å². The number of anilines is 1. The highest BCUT2D eigenvalue weighted by molar-refractivity contribution is 7.70. The number of rotatable bonds is 4. The minimum absolute atomic E-state index is 0.434. The molecule has 0 aliphatic carbocycles. The van der Waals surface area contributed by atoms with Gasteiger partial charge in [0.25, 0.3) is 0 Å². The monoisotopic (exact) mass is 408 g/mol. The zero-order valence-corrected chi connectivity index (χ0v) is 16.8. The molecule has 0 saturated carbocycles. The number of nitrogens with zero attached hydrogens (tertiary/aromatic N) is 3. The number of aryl methyl sites for hydroxylation is 1. The van der Waals surface area contributed by atoms with Gasteiger partial charge < -0.3 is 9.88 Å². The van der Waals surface area contributed by atoms with Crippen molar-refractivity contribution in [1.29, 1.82) is 0 Å². The van der Waals surface area contributed by atoms with Crippen molar-refractivity contribution in [3.63, 3.8) is 0 Å². The van der Waals surface area contributed by atoms with Crippen LogP contribution in [-0.2, 0) is 10.7 Å². The molecular formula is C19H20F3N4OP. The van der Waals surface area contributed by atoms with Gasteiger partial charge in [-0.3, -0.25) is 0 Å². The zero-order valence-electron chi connectivity index (χ0n) is 15.9. The number of benzene rings is 1. The molecule has 0 amide bonds. The van der Waals surface area contributed by atoms with Gasteiger partial charge in [0.1, 0.15) is 18.8 Å². The van der Waals surface area contributed by atoms with E-state index in [2.05, 4.69) is 20.3 Å². The molecule has 0 aliphatic heterocycles. The minimum Gasteiger partial charge on any atom is -0.363 e. The van der Waals surface area contributed by atoms with E-state index in [1.54, 1.807) is 39.3 Å². The summed E-state index contributed by atoms with van der Waals surface area (Å²) in [5.41, 5.74) is 0.202. The van der Waals surface area contributed by atoms with Gasteiger partial charge in [-0.25, -0.2) is 15.0 Å². The third kappa shape index (κ3) is 4.33. The fourth-order valence-electron chi connectivity index (χ4n) is 2.79. The molecule has 1 unspecified atom stereocenters. The normalized spacial score (nSPS) is 13.5. The summed E-state index contributed by atoms with van der Waals surface area (Å²) in [7, 11) is -2.54. The average molecular weight is 408 g/mol. The van der Waals surface area contributed by atoms with Crippen LogP contribution in [0.25, 0.3) is 11.0 Å². The van der Waals surface area contributed by atoms with Crippen LogP contribution in [0.2, 0.25) is 0 Å². The lowest BCUT2D eigenvalue weighted by Crippen LogP contribution is -2.13. The predicted molar refractivity (Wildman–Crippen MR) is 105 cm³/mol. The maximum atomic E-state index is 13.0. The fourth-order valence-corrected chi connectivity index (χ4v) is 3.56. The standard InChI is InChI=1S/C19H20F3N4OP/c1-11(13-6-5-7-14(8-13)19(20,21)22)24-18-16-9-15(28(3,4)27)10-23-17(16)25-12(2)26-18/h5-11H,1-4H3,(H,23,24,25,26). The summed E-state index contributed by atoms with van der Waals surface area (Å²) in [5, 5.41) is 4.31. The average Bonchev–Trinajstić information content (AvgIpc) is 2.59. The Balaban J connectivity index is 2.03. The van der Waals surface area contributed by atoms with Gasteiger partial charge in [-0.05, 0) is 50.9 Å². The molecule has 0 saturated heterocycles. The lowest BCUT2D eigenvalue weighted by atomic mass is 10.0. The number of hydrogen-bond donors (Lipinski definition) is 1. The van der Waals surface area contributed by atoms with Gasteiger partial charge in [0.15, 0.2) is 5.65 Å². The summed E-state index contributed by atoms with van der Waals surface area (Å²) < 4.78 is 51.4. The third-order valence-corrected chi connectivity index (χ3v) is 5.83. The molecule has 0 spiro atoms. The SMILES string of the molecule is Cc1nc(NC(C)c2cccc(C(F)(F)F)c2)c2cc(P(C)(C)=O)cnc2n1. The third-order valence-electron chi connectivity index (χ3n) is 4.34. The van der Waals surface area contributed by atoms with Crippen LogP contribution in [0.3, 0.4) is 0 Å². The number of pyridine rings is 1. The summed E-state index contributed by atoms with van der Waals surface area (Å²) >= 11 is 0. The Morgan fingerprint density at radius 3 is 2.50 bits per heavy atom. The van der Waals surface area contributed by atoms with Gasteiger partial charge in [0.05, 0.1) is 10.9 Å². The molecule has 3 rings (SSSR count). The molecule has 1 atom stereocenters. The van der Waals surface area contributed by atoms with Crippen molar-refractivity contribution in [3.8, 4) is 0 Å². The first-order chi connectivity index (χ1) is 12.9. The molecule has 2 heterocycles. The molecule has 1 N–H and O–H groups in total. The lowest BCUT2D eigenvalue weighted by molar-refractivity contribution is -0.137. The summed E-state index contributed by atoms with van der Waals surface area (Å²) in [4.78, 5) is 13.0. The Kier molecular flexibility index (Phi) is 5.19. The van der Waals surface area contributed by atoms with E-state index in [9.17, 15) is 17.7 Å². The molecule has 0 fully saturated rings. The van der Waals surface area contributed by atoms with Gasteiger partial charge in [-0.15, -0.1) is 0 Å². The second-order valence-electron chi connectivity index (χ2n) is 7.02. The van der Waals surface area contributed by atoms with Crippen molar-refractivity contribution in [3.05, 3.63) is 53.5 Å². The molecule has 28 heavy (non-hydrogen) atoms. The van der Waals surface area contributed by atoms with Crippen LogP contribution in [0.15, 0.2) is 36.5 Å². The Labute approximate surface area is 160 Å². The van der Waals surface area contributed by atoms with E-state index in [1.165, 1.54) is 12.3 Å². The second-order valence-corrected chi connectivity index (χ2v) is 10.2. The lowest BCUT2D eigenvalue weighted by Gasteiger charge is -2.18. The molecule has 0 radical (unpaired) electrons. The number of hydrogen-bond acceptors (Lipinski definition) is 5. The molecule has 5 nitrogen and oxygen atoms in total. The first kappa shape index (κ1) is 20.3. The Bertz CT molecular complexity index is 1080. The van der Waals surface area contributed by atoms with E-state index in [0.29, 0.717) is 33.5 Å². The highest BCUT2D eigenvalue weighted by Crippen LogP contribution is 2.36. The van der Waals surface area contributed by atoms with Crippen molar-refractivity contribution < 1.29 is 17.7 Å². The molecule has 1 aromatic carbocycles. The van der Waals surface area contributed by atoms with Gasteiger partial charge in [0.2, 0.25) is 0 Å². The topological polar surface area (TPSA) is 67.8 Å². The molecular weight excluding hydrogens is 388 g/mol. The predicted octanol–water partition coefficient (Wildman–Crippen LogP) is 4.77. The molecule has 2 aromatic heterocycles. The van der Waals surface area contributed by atoms with Crippen LogP contribution in [0.5, 0.6) is 0 Å². The molecule has 0 bridgehead atoms. The van der Waals surface area contributed by atoms with E-state index in [-0.39, 0.29) is 0 Å². The first-order valence-electron chi connectivity index (χ1n) is 8.59. The zero-order chi connectivity index (χ0) is 20.7. The van der Waals surface area contributed by atoms with Gasteiger partial charge in [0, 0.05) is 17.5 Å². The summed E-state index contributed by atoms with van der Waals surface area (Å²) in [6, 6.07) is 6.44. The Morgan fingerprint density at radius 1 is 1.14 bits per heavy atom. The molecule has 3 aromatic rings. The van der Waals surface area contributed by atoms with Crippen LogP contribution in [0.4, 0.5) is 19.0 Å². The first-order valence-corrected chi connectivity index (χ1v) is 11.2. The number of halogens is 3. The largest absolute Gasteiger partial charge is 0.416 e. The van der Waals surface area contributed by atoms with Crippen LogP contribution in [0.1, 0.15) is 29.9 Å². The number of aromatic nitrogens is 3. The van der Waals surface area contributed by atoms with Crippen LogP contribution in [0, 0.1) is 6.92 Å². The van der Waals surface area contributed by atoms with E-state index in [1.807, 2.05) is 0 Å². The second kappa shape index (κ2) is 7.17. The highest BCUT2D eigenvalue weighted by Gasteiger charge is 2.30. The molecule has 9 heteroatoms. The van der Waals surface area contributed by atoms with E-state index < -0.39 is 24.9 Å². The number of nitrogens with one attached hydrogen (secondary N) is 1. The number of fused-ring (bicyclic) bond motifs is 1. The Morgan fingerprint density at radius 2 is 1.86 bits per heavy atom. The summed E-state index contributed by atoms with van der Waals surface area (Å²) in [5.74, 6) is 0.915. The van der Waals surface area contributed by atoms with E-state index >= 15 is 0 Å². The smallest absolute Gasteiger partial charge is 0.363 e. The minimum atomic E-state index is -4.41. The summed E-state index contributed by atoms with van der Waals surface area (Å²) in [6.07, 6.45) is -2.87. The fraction of sp³-hybridized carbons (Fsp3) is 0.316. The van der Waals surface area contributed by atoms with Crippen molar-refractivity contribution in [2.24, 2.45) is 0 Å². The maximum absolute atomic E-state index is 13.0. The van der Waals surface area contributed by atoms with E-state index in [0.717, 1.165) is 12.1 Å². The van der Waals surface area contributed by atoms with Gasteiger partial charge in [-0.1, -0.05) is 12.1 Å².